The number of ether oxygens (including phenoxy) is 2. The van der Waals surface area contributed by atoms with Gasteiger partial charge in [-0.05, 0) is 31.2 Å². The summed E-state index contributed by atoms with van der Waals surface area (Å²) in [5, 5.41) is 3.91. The highest BCUT2D eigenvalue weighted by Crippen LogP contribution is 2.34. The first-order chi connectivity index (χ1) is 9.81. The predicted octanol–water partition coefficient (Wildman–Crippen LogP) is 4.50. The summed E-state index contributed by atoms with van der Waals surface area (Å²) >= 11 is 6.25. The standard InChI is InChI=1S/C16H18ClNO2/c1-2-19-11-12-20-15-10-6-9-14(17)16(15)18-13-7-4-3-5-8-13/h3-10,18H,2,11-12H2,1H3. The maximum absolute atomic E-state index is 6.25. The van der Waals surface area contributed by atoms with E-state index in [0.717, 1.165) is 17.1 Å². The Morgan fingerprint density at radius 1 is 1.00 bits per heavy atom. The molecule has 4 heteroatoms. The van der Waals surface area contributed by atoms with Crippen molar-refractivity contribution in [1.82, 2.24) is 0 Å². The summed E-state index contributed by atoms with van der Waals surface area (Å²) < 4.78 is 11.0. The number of nitrogens with one attached hydrogen (secondary N) is 1. The Kier molecular flexibility index (Phi) is 5.71. The number of halogens is 1. The molecule has 0 aliphatic carbocycles. The van der Waals surface area contributed by atoms with Crippen LogP contribution in [0.5, 0.6) is 5.75 Å². The number of hydrogen-bond acceptors (Lipinski definition) is 3. The van der Waals surface area contributed by atoms with Crippen molar-refractivity contribution in [3.8, 4) is 5.75 Å². The van der Waals surface area contributed by atoms with Crippen molar-refractivity contribution in [1.29, 1.82) is 0 Å². The van der Waals surface area contributed by atoms with Gasteiger partial charge in [0.15, 0.2) is 0 Å². The Bertz CT molecular complexity index is 531. The van der Waals surface area contributed by atoms with Gasteiger partial charge in [0, 0.05) is 12.3 Å². The van der Waals surface area contributed by atoms with E-state index in [1.807, 2.05) is 55.5 Å². The molecule has 0 heterocycles. The van der Waals surface area contributed by atoms with E-state index in [1.165, 1.54) is 0 Å². The zero-order chi connectivity index (χ0) is 14.2. The smallest absolute Gasteiger partial charge is 0.144 e. The van der Waals surface area contributed by atoms with Crippen LogP contribution in [0.2, 0.25) is 5.02 Å². The molecule has 0 spiro atoms. The molecule has 20 heavy (non-hydrogen) atoms. The van der Waals surface area contributed by atoms with E-state index in [0.29, 0.717) is 24.8 Å². The minimum absolute atomic E-state index is 0.498. The fraction of sp³-hybridized carbons (Fsp3) is 0.250. The van der Waals surface area contributed by atoms with Gasteiger partial charge in [0.1, 0.15) is 18.0 Å². The van der Waals surface area contributed by atoms with Crippen LogP contribution in [0.15, 0.2) is 48.5 Å². The zero-order valence-corrected chi connectivity index (χ0v) is 12.2. The third-order valence-corrected chi connectivity index (χ3v) is 3.02. The van der Waals surface area contributed by atoms with Crippen LogP contribution in [0.4, 0.5) is 11.4 Å². The minimum atomic E-state index is 0.498. The summed E-state index contributed by atoms with van der Waals surface area (Å²) in [6.07, 6.45) is 0. The van der Waals surface area contributed by atoms with Crippen LogP contribution < -0.4 is 10.1 Å². The van der Waals surface area contributed by atoms with Crippen molar-refractivity contribution in [3.63, 3.8) is 0 Å². The van der Waals surface area contributed by atoms with Gasteiger partial charge in [-0.25, -0.2) is 0 Å². The van der Waals surface area contributed by atoms with E-state index >= 15 is 0 Å². The van der Waals surface area contributed by atoms with Crippen molar-refractivity contribution in [3.05, 3.63) is 53.6 Å². The molecule has 2 aromatic rings. The molecule has 0 saturated carbocycles. The molecule has 3 nitrogen and oxygen atoms in total. The van der Waals surface area contributed by atoms with Crippen LogP contribution in [0.1, 0.15) is 6.92 Å². The number of para-hydroxylation sites is 2. The van der Waals surface area contributed by atoms with Crippen molar-refractivity contribution in [2.45, 2.75) is 6.92 Å². The largest absolute Gasteiger partial charge is 0.489 e. The van der Waals surface area contributed by atoms with Gasteiger partial charge >= 0.3 is 0 Å². The first kappa shape index (κ1) is 14.7. The second kappa shape index (κ2) is 7.78. The number of benzene rings is 2. The van der Waals surface area contributed by atoms with Crippen LogP contribution in [0.25, 0.3) is 0 Å². The van der Waals surface area contributed by atoms with Gasteiger partial charge in [0.2, 0.25) is 0 Å². The molecule has 2 rings (SSSR count). The van der Waals surface area contributed by atoms with Crippen molar-refractivity contribution >= 4 is 23.0 Å². The fourth-order valence-corrected chi connectivity index (χ4v) is 1.98. The molecule has 0 aliphatic rings. The van der Waals surface area contributed by atoms with E-state index in [-0.39, 0.29) is 0 Å². The first-order valence-corrected chi connectivity index (χ1v) is 7.00. The van der Waals surface area contributed by atoms with E-state index in [4.69, 9.17) is 21.1 Å². The van der Waals surface area contributed by atoms with Gasteiger partial charge in [-0.3, -0.25) is 0 Å². The number of anilines is 2. The lowest BCUT2D eigenvalue weighted by Gasteiger charge is -2.14. The number of hydrogen-bond donors (Lipinski definition) is 1. The molecule has 0 unspecified atom stereocenters. The van der Waals surface area contributed by atoms with Crippen LogP contribution in [0, 0.1) is 0 Å². The van der Waals surface area contributed by atoms with E-state index < -0.39 is 0 Å². The third kappa shape index (κ3) is 4.15. The molecule has 2 aromatic carbocycles. The highest BCUT2D eigenvalue weighted by molar-refractivity contribution is 6.33. The Hall–Kier alpha value is -1.71. The van der Waals surface area contributed by atoms with Crippen LogP contribution in [-0.4, -0.2) is 19.8 Å². The Morgan fingerprint density at radius 2 is 1.80 bits per heavy atom. The molecule has 0 saturated heterocycles. The van der Waals surface area contributed by atoms with Gasteiger partial charge in [-0.15, -0.1) is 0 Å². The molecule has 0 bridgehead atoms. The molecular weight excluding hydrogens is 274 g/mol. The topological polar surface area (TPSA) is 30.5 Å². The van der Waals surface area contributed by atoms with Gasteiger partial charge in [0.05, 0.1) is 11.6 Å². The number of rotatable bonds is 7. The molecule has 0 fully saturated rings. The average Bonchev–Trinajstić information content (AvgIpc) is 2.48. The predicted molar refractivity (Wildman–Crippen MR) is 83.2 cm³/mol. The molecule has 0 amide bonds. The molecule has 0 radical (unpaired) electrons. The lowest BCUT2D eigenvalue weighted by atomic mass is 10.2. The van der Waals surface area contributed by atoms with Crippen molar-refractivity contribution < 1.29 is 9.47 Å². The molecule has 0 aliphatic heterocycles. The fourth-order valence-electron chi connectivity index (χ4n) is 1.77. The molecule has 0 atom stereocenters. The van der Waals surface area contributed by atoms with Gasteiger partial charge in [-0.2, -0.15) is 0 Å². The Morgan fingerprint density at radius 3 is 2.55 bits per heavy atom. The zero-order valence-electron chi connectivity index (χ0n) is 11.4. The lowest BCUT2D eigenvalue weighted by molar-refractivity contribution is 0.110. The van der Waals surface area contributed by atoms with Gasteiger partial charge in [0.25, 0.3) is 0 Å². The second-order valence-corrected chi connectivity index (χ2v) is 4.56. The van der Waals surface area contributed by atoms with Crippen molar-refractivity contribution in [2.75, 3.05) is 25.1 Å². The lowest BCUT2D eigenvalue weighted by Crippen LogP contribution is -2.07. The molecule has 106 valence electrons. The van der Waals surface area contributed by atoms with E-state index in [1.54, 1.807) is 0 Å². The molecule has 1 N–H and O–H groups in total. The summed E-state index contributed by atoms with van der Waals surface area (Å²) in [6, 6.07) is 15.5. The third-order valence-electron chi connectivity index (χ3n) is 2.71. The van der Waals surface area contributed by atoms with Crippen LogP contribution in [0.3, 0.4) is 0 Å². The van der Waals surface area contributed by atoms with Gasteiger partial charge in [-0.1, -0.05) is 35.9 Å². The van der Waals surface area contributed by atoms with Crippen LogP contribution in [-0.2, 0) is 4.74 Å². The monoisotopic (exact) mass is 291 g/mol. The highest BCUT2D eigenvalue weighted by atomic mass is 35.5. The maximum Gasteiger partial charge on any atom is 0.144 e. The van der Waals surface area contributed by atoms with E-state index in [9.17, 15) is 0 Å². The van der Waals surface area contributed by atoms with E-state index in [2.05, 4.69) is 5.32 Å². The summed E-state index contributed by atoms with van der Waals surface area (Å²) in [7, 11) is 0. The van der Waals surface area contributed by atoms with Crippen LogP contribution >= 0.6 is 11.6 Å². The highest BCUT2D eigenvalue weighted by Gasteiger charge is 2.08. The molecule has 0 aromatic heterocycles. The minimum Gasteiger partial charge on any atom is -0.489 e. The quantitative estimate of drug-likeness (QED) is 0.762. The second-order valence-electron chi connectivity index (χ2n) is 4.15. The SMILES string of the molecule is CCOCCOc1cccc(Cl)c1Nc1ccccc1. The Balaban J connectivity index is 2.10. The first-order valence-electron chi connectivity index (χ1n) is 6.62. The molecular formula is C16H18ClNO2. The Labute approximate surface area is 124 Å². The maximum atomic E-state index is 6.25. The summed E-state index contributed by atoms with van der Waals surface area (Å²) in [4.78, 5) is 0. The average molecular weight is 292 g/mol. The normalized spacial score (nSPS) is 10.3. The summed E-state index contributed by atoms with van der Waals surface area (Å²) in [6.45, 7) is 3.71. The summed E-state index contributed by atoms with van der Waals surface area (Å²) in [5.74, 6) is 0.723. The van der Waals surface area contributed by atoms with Gasteiger partial charge < -0.3 is 14.8 Å². The van der Waals surface area contributed by atoms with Crippen molar-refractivity contribution in [2.24, 2.45) is 0 Å². The summed E-state index contributed by atoms with van der Waals surface area (Å²) in [5.41, 5.74) is 1.74.